The van der Waals surface area contributed by atoms with Crippen LogP contribution in [0.15, 0.2) is 84.9 Å². The number of benzene rings is 4. The fourth-order valence-corrected chi connectivity index (χ4v) is 6.35. The number of amides is 2. The first-order chi connectivity index (χ1) is 23.8. The summed E-state index contributed by atoms with van der Waals surface area (Å²) in [7, 11) is 0. The van der Waals surface area contributed by atoms with Gasteiger partial charge in [0.05, 0.1) is 18.9 Å². The molecule has 0 unspecified atom stereocenters. The van der Waals surface area contributed by atoms with Gasteiger partial charge in [-0.2, -0.15) is 0 Å². The van der Waals surface area contributed by atoms with Crippen molar-refractivity contribution in [2.75, 3.05) is 18.5 Å². The van der Waals surface area contributed by atoms with Crippen LogP contribution in [0.25, 0.3) is 11.1 Å². The number of ether oxygens (including phenoxy) is 2. The first-order valence-corrected chi connectivity index (χ1v) is 16.7. The van der Waals surface area contributed by atoms with E-state index in [1.165, 1.54) is 29.8 Å². The quantitative estimate of drug-likeness (QED) is 0.129. The highest BCUT2D eigenvalue weighted by atomic mass is 19.4. The van der Waals surface area contributed by atoms with Crippen LogP contribution in [0.3, 0.4) is 0 Å². The Kier molecular flexibility index (Phi) is 12.8. The average molecular weight is 689 g/mol. The molecular weight excluding hydrogens is 645 g/mol. The van der Waals surface area contributed by atoms with Gasteiger partial charge in [0, 0.05) is 17.8 Å². The van der Waals surface area contributed by atoms with Crippen molar-refractivity contribution >= 4 is 23.5 Å². The van der Waals surface area contributed by atoms with E-state index in [9.17, 15) is 27.6 Å². The first-order valence-electron chi connectivity index (χ1n) is 16.7. The van der Waals surface area contributed by atoms with E-state index in [-0.39, 0.29) is 43.1 Å². The summed E-state index contributed by atoms with van der Waals surface area (Å²) in [6.07, 6.45) is -3.51. The van der Waals surface area contributed by atoms with Gasteiger partial charge in [-0.05, 0) is 110 Å². The van der Waals surface area contributed by atoms with E-state index in [0.29, 0.717) is 29.7 Å². The van der Waals surface area contributed by atoms with Gasteiger partial charge in [-0.15, -0.1) is 13.2 Å². The molecule has 0 bridgehead atoms. The van der Waals surface area contributed by atoms with Crippen molar-refractivity contribution in [1.82, 2.24) is 5.32 Å². The summed E-state index contributed by atoms with van der Waals surface area (Å²) >= 11 is 0. The van der Waals surface area contributed by atoms with Gasteiger partial charge >= 0.3 is 12.3 Å². The SMILES string of the molecule is CCC[C@H](c1ccc(C(=O)NCCC(=O)OCC)cc1)[C@@H](C(=O)Nc1ccc(-c2c(C)cc(C)cc2C)cc1)c1ccc(OC(F)(F)F)cc1. The third-order valence-electron chi connectivity index (χ3n) is 8.40. The van der Waals surface area contributed by atoms with Gasteiger partial charge in [-0.3, -0.25) is 14.4 Å². The lowest BCUT2D eigenvalue weighted by Gasteiger charge is -2.28. The molecule has 2 atom stereocenters. The van der Waals surface area contributed by atoms with Gasteiger partial charge in [0.1, 0.15) is 5.75 Å². The molecule has 0 radical (unpaired) electrons. The van der Waals surface area contributed by atoms with Crippen molar-refractivity contribution < 1.29 is 37.0 Å². The van der Waals surface area contributed by atoms with Crippen LogP contribution >= 0.6 is 0 Å². The zero-order chi connectivity index (χ0) is 36.4. The molecule has 0 aliphatic carbocycles. The summed E-state index contributed by atoms with van der Waals surface area (Å²) < 4.78 is 47.7. The highest BCUT2D eigenvalue weighted by molar-refractivity contribution is 5.97. The fourth-order valence-electron chi connectivity index (χ4n) is 6.35. The zero-order valence-electron chi connectivity index (χ0n) is 28.9. The molecule has 4 aromatic rings. The molecule has 0 heterocycles. The Hall–Kier alpha value is -5.12. The van der Waals surface area contributed by atoms with Crippen LogP contribution in [0, 0.1) is 20.8 Å². The second-order valence-electron chi connectivity index (χ2n) is 12.3. The third kappa shape index (κ3) is 10.2. The van der Waals surface area contributed by atoms with Crippen molar-refractivity contribution in [3.05, 3.63) is 118 Å². The number of aryl methyl sites for hydroxylation is 3. The molecule has 0 saturated carbocycles. The van der Waals surface area contributed by atoms with Gasteiger partial charge < -0.3 is 20.1 Å². The number of carbonyl (C=O) groups is 3. The summed E-state index contributed by atoms with van der Waals surface area (Å²) in [5.41, 5.74) is 7.89. The summed E-state index contributed by atoms with van der Waals surface area (Å²) in [4.78, 5) is 38.5. The molecule has 0 fully saturated rings. The van der Waals surface area contributed by atoms with Crippen molar-refractivity contribution in [3.63, 3.8) is 0 Å². The van der Waals surface area contributed by atoms with Crippen LogP contribution in [-0.2, 0) is 14.3 Å². The van der Waals surface area contributed by atoms with E-state index >= 15 is 0 Å². The molecule has 264 valence electrons. The number of rotatable bonds is 14. The fraction of sp³-hybridized carbons (Fsp3) is 0.325. The largest absolute Gasteiger partial charge is 0.573 e. The molecule has 2 N–H and O–H groups in total. The van der Waals surface area contributed by atoms with Crippen molar-refractivity contribution in [2.24, 2.45) is 0 Å². The molecule has 4 rings (SSSR count). The highest BCUT2D eigenvalue weighted by Crippen LogP contribution is 2.39. The van der Waals surface area contributed by atoms with Crippen LogP contribution in [0.4, 0.5) is 18.9 Å². The monoisotopic (exact) mass is 688 g/mol. The molecule has 0 aromatic heterocycles. The molecule has 50 heavy (non-hydrogen) atoms. The van der Waals surface area contributed by atoms with Crippen LogP contribution < -0.4 is 15.4 Å². The van der Waals surface area contributed by atoms with Gasteiger partial charge in [-0.25, -0.2) is 0 Å². The Morgan fingerprint density at radius 3 is 1.96 bits per heavy atom. The van der Waals surface area contributed by atoms with Crippen molar-refractivity contribution in [2.45, 2.75) is 72.1 Å². The Morgan fingerprint density at radius 2 is 1.40 bits per heavy atom. The predicted molar refractivity (Wildman–Crippen MR) is 188 cm³/mol. The zero-order valence-corrected chi connectivity index (χ0v) is 28.9. The summed E-state index contributed by atoms with van der Waals surface area (Å²) in [5.74, 6) is -2.65. The Balaban J connectivity index is 1.62. The molecule has 4 aromatic carbocycles. The third-order valence-corrected chi connectivity index (χ3v) is 8.40. The van der Waals surface area contributed by atoms with Crippen molar-refractivity contribution in [3.8, 4) is 16.9 Å². The van der Waals surface area contributed by atoms with E-state index in [2.05, 4.69) is 48.3 Å². The van der Waals surface area contributed by atoms with Crippen LogP contribution in [0.1, 0.15) is 83.1 Å². The van der Waals surface area contributed by atoms with E-state index in [4.69, 9.17) is 4.74 Å². The smallest absolute Gasteiger partial charge is 0.466 e. The molecule has 0 saturated heterocycles. The number of hydrogen-bond donors (Lipinski definition) is 2. The molecule has 10 heteroatoms. The number of nitrogens with one attached hydrogen (secondary N) is 2. The van der Waals surface area contributed by atoms with Gasteiger partial charge in [0.25, 0.3) is 5.91 Å². The Bertz CT molecular complexity index is 1750. The standard InChI is InChI=1S/C40H43F3N2O5/c1-6-8-34(28-9-11-31(12-10-28)38(47)44-22-21-35(46)49-7-2)37(30-15-19-33(20-16-30)50-40(41,42)43)39(48)45-32-17-13-29(14-18-32)36-26(4)23-25(3)24-27(36)5/h9-20,23-24,34,37H,6-8,21-22H2,1-5H3,(H,44,47)(H,45,48)/t34-,37+/m1/s1. The Morgan fingerprint density at radius 1 is 0.800 bits per heavy atom. The number of anilines is 1. The average Bonchev–Trinajstić information content (AvgIpc) is 3.05. The normalized spacial score (nSPS) is 12.5. The van der Waals surface area contributed by atoms with Gasteiger partial charge in [0.15, 0.2) is 0 Å². The lowest BCUT2D eigenvalue weighted by atomic mass is 9.78. The predicted octanol–water partition coefficient (Wildman–Crippen LogP) is 9.17. The Labute approximate surface area is 291 Å². The van der Waals surface area contributed by atoms with Crippen LogP contribution in [0.2, 0.25) is 0 Å². The minimum Gasteiger partial charge on any atom is -0.466 e. The van der Waals surface area contributed by atoms with E-state index in [0.717, 1.165) is 27.8 Å². The molecule has 7 nitrogen and oxygen atoms in total. The van der Waals surface area contributed by atoms with Crippen LogP contribution in [-0.4, -0.2) is 37.3 Å². The van der Waals surface area contributed by atoms with E-state index in [1.54, 1.807) is 31.2 Å². The summed E-state index contributed by atoms with van der Waals surface area (Å²) in [6, 6.07) is 24.1. The molecule has 0 aliphatic rings. The lowest BCUT2D eigenvalue weighted by Crippen LogP contribution is -2.27. The van der Waals surface area contributed by atoms with Crippen molar-refractivity contribution in [1.29, 1.82) is 0 Å². The molecule has 2 amide bonds. The molecular formula is C40H43F3N2O5. The number of carbonyl (C=O) groups excluding carboxylic acids is 3. The maximum absolute atomic E-state index is 14.2. The van der Waals surface area contributed by atoms with E-state index in [1.807, 2.05) is 31.2 Å². The lowest BCUT2D eigenvalue weighted by molar-refractivity contribution is -0.274. The van der Waals surface area contributed by atoms with Gasteiger partial charge in [0.2, 0.25) is 5.91 Å². The van der Waals surface area contributed by atoms with Crippen LogP contribution in [0.5, 0.6) is 5.75 Å². The second kappa shape index (κ2) is 17.0. The second-order valence-corrected chi connectivity index (χ2v) is 12.3. The van der Waals surface area contributed by atoms with E-state index < -0.39 is 18.2 Å². The maximum Gasteiger partial charge on any atom is 0.573 e. The topological polar surface area (TPSA) is 93.7 Å². The number of alkyl halides is 3. The number of halogens is 3. The van der Waals surface area contributed by atoms with Gasteiger partial charge in [-0.1, -0.05) is 67.4 Å². The minimum absolute atomic E-state index is 0.0494. The number of hydrogen-bond acceptors (Lipinski definition) is 5. The molecule has 0 spiro atoms. The molecule has 0 aliphatic heterocycles. The minimum atomic E-state index is -4.85. The summed E-state index contributed by atoms with van der Waals surface area (Å²) in [5, 5.41) is 5.74. The highest BCUT2D eigenvalue weighted by Gasteiger charge is 2.33. The summed E-state index contributed by atoms with van der Waals surface area (Å²) in [6.45, 7) is 10.3. The maximum atomic E-state index is 14.2. The first kappa shape index (κ1) is 37.7. The number of esters is 1.